The van der Waals surface area contributed by atoms with E-state index in [2.05, 4.69) is 20.8 Å². The summed E-state index contributed by atoms with van der Waals surface area (Å²) in [4.78, 5) is 18.1. The summed E-state index contributed by atoms with van der Waals surface area (Å²) < 4.78 is 67.0. The molecule has 1 saturated heterocycles. The van der Waals surface area contributed by atoms with Gasteiger partial charge in [-0.15, -0.1) is 0 Å². The van der Waals surface area contributed by atoms with E-state index >= 15 is 0 Å². The minimum absolute atomic E-state index is 0.0483. The number of alkyl halides is 4. The number of rotatable bonds is 8. The molecule has 3 heterocycles. The average molecular weight is 561 g/mol. The van der Waals surface area contributed by atoms with Crippen LogP contribution in [0.25, 0.3) is 22.5 Å². The lowest BCUT2D eigenvalue weighted by Crippen LogP contribution is -2.46. The summed E-state index contributed by atoms with van der Waals surface area (Å²) in [7, 11) is 1.84. The van der Waals surface area contributed by atoms with Gasteiger partial charge in [0.05, 0.1) is 18.1 Å². The van der Waals surface area contributed by atoms with Crippen molar-refractivity contribution in [1.29, 1.82) is 0 Å². The fraction of sp³-hybridized carbons (Fsp3) is 0.370. The van der Waals surface area contributed by atoms with Crippen molar-refractivity contribution in [2.45, 2.75) is 44.5 Å². The molecule has 1 amide bonds. The van der Waals surface area contributed by atoms with Crippen LogP contribution < -0.4 is 10.6 Å². The van der Waals surface area contributed by atoms with E-state index in [-0.39, 0.29) is 42.6 Å². The fourth-order valence-electron chi connectivity index (χ4n) is 4.71. The van der Waals surface area contributed by atoms with Gasteiger partial charge >= 0.3 is 12.3 Å². The van der Waals surface area contributed by atoms with Gasteiger partial charge in [0.1, 0.15) is 25.0 Å². The maximum Gasteiger partial charge on any atom is 0.407 e. The van der Waals surface area contributed by atoms with Crippen molar-refractivity contribution in [2.75, 3.05) is 25.5 Å². The molecular formula is C27H28F4N6O3. The lowest BCUT2D eigenvalue weighted by atomic mass is 10.0. The number of piperidine rings is 1. The highest BCUT2D eigenvalue weighted by molar-refractivity contribution is 5.96. The summed E-state index contributed by atoms with van der Waals surface area (Å²) in [5.74, 6) is -0.0936. The summed E-state index contributed by atoms with van der Waals surface area (Å²) in [5.41, 5.74) is 1.65. The Balaban J connectivity index is 1.35. The molecule has 2 N–H and O–H groups in total. The molecule has 2 aromatic carbocycles. The van der Waals surface area contributed by atoms with Gasteiger partial charge in [0.25, 0.3) is 5.89 Å². The highest BCUT2D eigenvalue weighted by Gasteiger charge is 2.32. The number of ether oxygens (including phenoxy) is 1. The van der Waals surface area contributed by atoms with Crippen LogP contribution in [0.4, 0.5) is 28.0 Å². The average Bonchev–Trinajstić information content (AvgIpc) is 3.53. The first-order chi connectivity index (χ1) is 19.2. The summed E-state index contributed by atoms with van der Waals surface area (Å²) in [6.45, 7) is -0.410. The molecule has 212 valence electrons. The van der Waals surface area contributed by atoms with Gasteiger partial charge in [-0.1, -0.05) is 41.6 Å². The quantitative estimate of drug-likeness (QED) is 0.288. The molecule has 4 aromatic rings. The molecule has 2 atom stereocenters. The van der Waals surface area contributed by atoms with Crippen molar-refractivity contribution in [3.8, 4) is 11.6 Å². The van der Waals surface area contributed by atoms with E-state index in [9.17, 15) is 22.4 Å². The summed E-state index contributed by atoms with van der Waals surface area (Å²) in [6, 6.07) is 15.0. The van der Waals surface area contributed by atoms with E-state index in [1.54, 1.807) is 18.2 Å². The third kappa shape index (κ3) is 6.53. The van der Waals surface area contributed by atoms with Crippen LogP contribution in [-0.2, 0) is 24.4 Å². The molecule has 0 radical (unpaired) electrons. The summed E-state index contributed by atoms with van der Waals surface area (Å²) >= 11 is 0. The van der Waals surface area contributed by atoms with Gasteiger partial charge in [-0.25, -0.2) is 9.18 Å². The van der Waals surface area contributed by atoms with Crippen LogP contribution in [0, 0.1) is 0 Å². The van der Waals surface area contributed by atoms with Crippen LogP contribution in [0.15, 0.2) is 59.1 Å². The fourth-order valence-corrected chi connectivity index (χ4v) is 4.71. The largest absolute Gasteiger partial charge is 0.445 e. The molecule has 2 aromatic heterocycles. The molecule has 9 nitrogen and oxygen atoms in total. The zero-order valence-electron chi connectivity index (χ0n) is 21.6. The number of nitrogens with one attached hydrogen (secondary N) is 2. The number of aromatic nitrogens is 3. The monoisotopic (exact) mass is 560 g/mol. The molecule has 1 fully saturated rings. The van der Waals surface area contributed by atoms with Gasteiger partial charge in [-0.05, 0) is 37.2 Å². The number of halogens is 4. The number of hydrogen-bond acceptors (Lipinski definition) is 7. The van der Waals surface area contributed by atoms with Crippen molar-refractivity contribution in [2.24, 2.45) is 0 Å². The number of fused-ring (bicyclic) bond motifs is 1. The van der Waals surface area contributed by atoms with Crippen molar-refractivity contribution < 1.29 is 31.6 Å². The zero-order valence-corrected chi connectivity index (χ0v) is 21.6. The number of anilines is 1. The molecule has 1 aliphatic heterocycles. The molecule has 0 spiro atoms. The van der Waals surface area contributed by atoms with Crippen molar-refractivity contribution in [1.82, 2.24) is 24.9 Å². The standard InChI is InChI=1S/C27H28F4N6O3/c1-36-11-10-21(19(28)14-36)33-20-8-5-9-22-18(20)12-23(37(22)16-27(29,30)31)25-34-24(35-40-25)13-32-26(38)39-15-17-6-3-2-4-7-17/h2-9,12,19,21,33H,10-11,13-16H2,1H3,(H,32,38)/t19-,21+/m0/s1. The predicted molar refractivity (Wildman–Crippen MR) is 139 cm³/mol. The Labute approximate surface area is 227 Å². The van der Waals surface area contributed by atoms with Gasteiger partial charge < -0.3 is 29.4 Å². The van der Waals surface area contributed by atoms with Crippen LogP contribution in [0.5, 0.6) is 0 Å². The van der Waals surface area contributed by atoms with E-state index in [1.165, 1.54) is 6.07 Å². The van der Waals surface area contributed by atoms with Crippen molar-refractivity contribution in [3.63, 3.8) is 0 Å². The van der Waals surface area contributed by atoms with E-state index < -0.39 is 31.0 Å². The van der Waals surface area contributed by atoms with Crippen LogP contribution in [0.2, 0.25) is 0 Å². The third-order valence-corrected chi connectivity index (χ3v) is 6.66. The van der Waals surface area contributed by atoms with Crippen LogP contribution >= 0.6 is 0 Å². The van der Waals surface area contributed by atoms with E-state index in [0.717, 1.165) is 10.1 Å². The van der Waals surface area contributed by atoms with Gasteiger partial charge in [0, 0.05) is 24.2 Å². The third-order valence-electron chi connectivity index (χ3n) is 6.66. The number of carbonyl (C=O) groups is 1. The second kappa shape index (κ2) is 11.5. The number of nitrogens with zero attached hydrogens (tertiary/aromatic N) is 4. The number of alkyl carbamates (subject to hydrolysis) is 1. The Bertz CT molecular complexity index is 1460. The Morgan fingerprint density at radius 3 is 2.73 bits per heavy atom. The SMILES string of the molecule is CN1CC[C@@H](Nc2cccc3c2cc(-c2nc(CNC(=O)OCc4ccccc4)no2)n3CC(F)(F)F)[C@@H](F)C1. The summed E-state index contributed by atoms with van der Waals surface area (Å²) in [6.07, 6.45) is -5.82. The first-order valence-electron chi connectivity index (χ1n) is 12.7. The van der Waals surface area contributed by atoms with Crippen LogP contribution in [0.1, 0.15) is 17.8 Å². The van der Waals surface area contributed by atoms with Crippen molar-refractivity contribution in [3.05, 3.63) is 66.0 Å². The molecule has 0 unspecified atom stereocenters. The second-order valence-corrected chi connectivity index (χ2v) is 9.72. The Morgan fingerprint density at radius 2 is 1.98 bits per heavy atom. The highest BCUT2D eigenvalue weighted by atomic mass is 19.4. The molecule has 0 bridgehead atoms. The smallest absolute Gasteiger partial charge is 0.407 e. The second-order valence-electron chi connectivity index (χ2n) is 9.72. The Kier molecular flexibility index (Phi) is 7.92. The maximum atomic E-state index is 14.7. The lowest BCUT2D eigenvalue weighted by molar-refractivity contribution is -0.139. The van der Waals surface area contributed by atoms with Crippen LogP contribution in [0.3, 0.4) is 0 Å². The molecule has 5 rings (SSSR count). The Hall–Kier alpha value is -4.13. The molecular weight excluding hydrogens is 532 g/mol. The molecule has 0 saturated carbocycles. The zero-order chi connectivity index (χ0) is 28.3. The number of carbonyl (C=O) groups excluding carboxylic acids is 1. The number of amides is 1. The van der Waals surface area contributed by atoms with Gasteiger partial charge in [0.2, 0.25) is 0 Å². The minimum atomic E-state index is -4.53. The molecule has 0 aliphatic carbocycles. The molecule has 1 aliphatic rings. The van der Waals surface area contributed by atoms with Crippen LogP contribution in [-0.4, -0.2) is 64.2 Å². The first kappa shape index (κ1) is 27.4. The van der Waals surface area contributed by atoms with Gasteiger partial charge in [-0.3, -0.25) is 0 Å². The topological polar surface area (TPSA) is 97.4 Å². The Morgan fingerprint density at radius 1 is 1.18 bits per heavy atom. The van der Waals surface area contributed by atoms with E-state index in [0.29, 0.717) is 24.0 Å². The molecule has 40 heavy (non-hydrogen) atoms. The normalized spacial score (nSPS) is 18.1. The number of hydrogen-bond donors (Lipinski definition) is 2. The predicted octanol–water partition coefficient (Wildman–Crippen LogP) is 5.13. The lowest BCUT2D eigenvalue weighted by Gasteiger charge is -2.33. The minimum Gasteiger partial charge on any atom is -0.445 e. The first-order valence-corrected chi connectivity index (χ1v) is 12.7. The highest BCUT2D eigenvalue weighted by Crippen LogP contribution is 2.35. The van der Waals surface area contributed by atoms with E-state index in [4.69, 9.17) is 9.26 Å². The van der Waals surface area contributed by atoms with Gasteiger partial charge in [0.15, 0.2) is 5.82 Å². The van der Waals surface area contributed by atoms with Gasteiger partial charge in [-0.2, -0.15) is 18.2 Å². The van der Waals surface area contributed by atoms with E-state index in [1.807, 2.05) is 42.3 Å². The number of benzene rings is 2. The van der Waals surface area contributed by atoms with Crippen molar-refractivity contribution >= 4 is 22.7 Å². The number of likely N-dealkylation sites (tertiary alicyclic amines) is 1. The summed E-state index contributed by atoms with van der Waals surface area (Å²) in [5, 5.41) is 9.95. The maximum absolute atomic E-state index is 14.7. The molecule has 13 heteroatoms.